The lowest BCUT2D eigenvalue weighted by Crippen LogP contribution is -2.11. The highest BCUT2D eigenvalue weighted by Crippen LogP contribution is 2.28. The summed E-state index contributed by atoms with van der Waals surface area (Å²) in [4.78, 5) is 16.7. The second kappa shape index (κ2) is 8.71. The van der Waals surface area contributed by atoms with Gasteiger partial charge in [0.25, 0.3) is 5.91 Å². The molecule has 0 saturated heterocycles. The molecule has 0 unspecified atom stereocenters. The van der Waals surface area contributed by atoms with Gasteiger partial charge in [-0.2, -0.15) is 0 Å². The molecule has 27 heavy (non-hydrogen) atoms. The van der Waals surface area contributed by atoms with Crippen LogP contribution >= 0.6 is 23.2 Å². The summed E-state index contributed by atoms with van der Waals surface area (Å²) in [6.45, 7) is 0. The number of nitrogens with zero attached hydrogens (tertiary/aromatic N) is 1. The number of amides is 1. The zero-order valence-corrected chi connectivity index (χ0v) is 16.0. The number of halogens is 2. The number of aliphatic imine (C=N–C) groups is 1. The van der Waals surface area contributed by atoms with Crippen LogP contribution in [0.3, 0.4) is 0 Å². The van der Waals surface area contributed by atoms with Gasteiger partial charge < -0.3 is 10.1 Å². The first-order valence-corrected chi connectivity index (χ1v) is 8.85. The van der Waals surface area contributed by atoms with Crippen molar-refractivity contribution in [3.8, 4) is 5.75 Å². The van der Waals surface area contributed by atoms with Gasteiger partial charge >= 0.3 is 0 Å². The Kier molecular flexibility index (Phi) is 6.12. The fourth-order valence-corrected chi connectivity index (χ4v) is 2.76. The van der Waals surface area contributed by atoms with Gasteiger partial charge in [-0.3, -0.25) is 9.79 Å². The molecule has 4 nitrogen and oxygen atoms in total. The Morgan fingerprint density at radius 2 is 1.81 bits per heavy atom. The molecule has 0 heterocycles. The van der Waals surface area contributed by atoms with Gasteiger partial charge in [-0.15, -0.1) is 0 Å². The molecule has 0 aromatic heterocycles. The predicted molar refractivity (Wildman–Crippen MR) is 111 cm³/mol. The van der Waals surface area contributed by atoms with E-state index in [1.54, 1.807) is 49.7 Å². The third kappa shape index (κ3) is 5.09. The lowest BCUT2D eigenvalue weighted by molar-refractivity contribution is 0.102. The molecule has 0 atom stereocenters. The van der Waals surface area contributed by atoms with Crippen molar-refractivity contribution >= 4 is 46.7 Å². The summed E-state index contributed by atoms with van der Waals surface area (Å²) in [5, 5.41) is 3.94. The van der Waals surface area contributed by atoms with Crippen LogP contribution in [-0.2, 0) is 0 Å². The van der Waals surface area contributed by atoms with Crippen molar-refractivity contribution in [2.75, 3.05) is 12.4 Å². The number of anilines is 1. The van der Waals surface area contributed by atoms with Crippen molar-refractivity contribution in [2.45, 2.75) is 0 Å². The molecule has 0 aliphatic heterocycles. The lowest BCUT2D eigenvalue weighted by Gasteiger charge is -2.06. The molecule has 136 valence electrons. The zero-order chi connectivity index (χ0) is 19.2. The molecule has 3 aromatic rings. The van der Waals surface area contributed by atoms with E-state index in [9.17, 15) is 4.79 Å². The normalized spacial score (nSPS) is 10.8. The number of hydrogen-bond donors (Lipinski definition) is 1. The Hall–Kier alpha value is -2.82. The topological polar surface area (TPSA) is 50.7 Å². The molecule has 0 aliphatic rings. The number of benzene rings is 3. The molecular weight excluding hydrogens is 383 g/mol. The second-order valence-electron chi connectivity index (χ2n) is 5.66. The number of methoxy groups -OCH3 is 1. The summed E-state index contributed by atoms with van der Waals surface area (Å²) >= 11 is 12.0. The summed E-state index contributed by atoms with van der Waals surface area (Å²) in [7, 11) is 1.56. The largest absolute Gasteiger partial charge is 0.495 e. The van der Waals surface area contributed by atoms with E-state index >= 15 is 0 Å². The maximum Gasteiger partial charge on any atom is 0.255 e. The van der Waals surface area contributed by atoms with Gasteiger partial charge in [0, 0.05) is 22.5 Å². The van der Waals surface area contributed by atoms with Crippen LogP contribution in [0.15, 0.2) is 71.7 Å². The minimum atomic E-state index is -0.206. The number of rotatable bonds is 5. The molecule has 0 spiro atoms. The van der Waals surface area contributed by atoms with E-state index in [2.05, 4.69) is 10.3 Å². The Labute approximate surface area is 167 Å². The van der Waals surface area contributed by atoms with Gasteiger partial charge in [0.05, 0.1) is 17.8 Å². The van der Waals surface area contributed by atoms with Gasteiger partial charge in [-0.05, 0) is 60.2 Å². The predicted octanol–water partition coefficient (Wildman–Crippen LogP) is 6.00. The van der Waals surface area contributed by atoms with Gasteiger partial charge in [0.2, 0.25) is 0 Å². The Morgan fingerprint density at radius 1 is 1.04 bits per heavy atom. The van der Waals surface area contributed by atoms with Crippen LogP contribution < -0.4 is 10.1 Å². The van der Waals surface area contributed by atoms with E-state index in [0.717, 1.165) is 5.56 Å². The number of ether oxygens (including phenoxy) is 1. The number of hydrogen-bond acceptors (Lipinski definition) is 3. The highest BCUT2D eigenvalue weighted by Gasteiger charge is 2.06. The Bertz CT molecular complexity index is 986. The van der Waals surface area contributed by atoms with E-state index in [1.165, 1.54) is 0 Å². The van der Waals surface area contributed by atoms with Crippen LogP contribution in [-0.4, -0.2) is 19.2 Å². The lowest BCUT2D eigenvalue weighted by atomic mass is 10.2. The first-order chi connectivity index (χ1) is 13.0. The molecule has 0 fully saturated rings. The van der Waals surface area contributed by atoms with Gasteiger partial charge in [0.15, 0.2) is 0 Å². The molecular formula is C21H16Cl2N2O2. The minimum absolute atomic E-state index is 0.206. The van der Waals surface area contributed by atoms with E-state index in [0.29, 0.717) is 32.7 Å². The number of carbonyl (C=O) groups excluding carboxylic acids is 1. The molecule has 0 radical (unpaired) electrons. The highest BCUT2D eigenvalue weighted by molar-refractivity contribution is 6.32. The van der Waals surface area contributed by atoms with E-state index in [4.69, 9.17) is 27.9 Å². The first kappa shape index (κ1) is 19.0. The Morgan fingerprint density at radius 3 is 2.52 bits per heavy atom. The smallest absolute Gasteiger partial charge is 0.255 e. The van der Waals surface area contributed by atoms with Crippen molar-refractivity contribution in [1.29, 1.82) is 0 Å². The first-order valence-electron chi connectivity index (χ1n) is 8.10. The van der Waals surface area contributed by atoms with Crippen molar-refractivity contribution < 1.29 is 9.53 Å². The minimum Gasteiger partial charge on any atom is -0.495 e. The maximum atomic E-state index is 12.3. The fourth-order valence-electron chi connectivity index (χ4n) is 2.39. The molecule has 3 aromatic carbocycles. The zero-order valence-electron chi connectivity index (χ0n) is 14.4. The van der Waals surface area contributed by atoms with Crippen molar-refractivity contribution in [3.05, 3.63) is 87.9 Å². The van der Waals surface area contributed by atoms with Gasteiger partial charge in [-0.1, -0.05) is 35.3 Å². The van der Waals surface area contributed by atoms with Crippen LogP contribution in [0.2, 0.25) is 10.0 Å². The van der Waals surface area contributed by atoms with Gasteiger partial charge in [0.1, 0.15) is 5.75 Å². The van der Waals surface area contributed by atoms with Crippen LogP contribution in [0, 0.1) is 0 Å². The Balaban J connectivity index is 1.72. The van der Waals surface area contributed by atoms with Crippen molar-refractivity contribution in [1.82, 2.24) is 0 Å². The van der Waals surface area contributed by atoms with Crippen LogP contribution in [0.25, 0.3) is 0 Å². The molecule has 0 saturated carbocycles. The van der Waals surface area contributed by atoms with Crippen LogP contribution in [0.4, 0.5) is 11.4 Å². The average molecular weight is 399 g/mol. The molecule has 1 amide bonds. The highest BCUT2D eigenvalue weighted by atomic mass is 35.5. The summed E-state index contributed by atoms with van der Waals surface area (Å²) in [6, 6.07) is 19.4. The fraction of sp³-hybridized carbons (Fsp3) is 0.0476. The van der Waals surface area contributed by atoms with Crippen molar-refractivity contribution in [3.63, 3.8) is 0 Å². The summed E-state index contributed by atoms with van der Waals surface area (Å²) in [5.41, 5.74) is 2.75. The standard InChI is InChI=1S/C21H16Cl2N2O2/c1-27-20-10-9-17(12-19(20)23)24-13-14-3-2-4-18(11-14)25-21(26)15-5-7-16(22)8-6-15/h2-13H,1H3,(H,25,26). The SMILES string of the molecule is COc1ccc(N=Cc2cccc(NC(=O)c3ccc(Cl)cc3)c2)cc1Cl. The van der Waals surface area contributed by atoms with E-state index in [-0.39, 0.29) is 5.91 Å². The number of carbonyl (C=O) groups is 1. The second-order valence-corrected chi connectivity index (χ2v) is 6.51. The maximum absolute atomic E-state index is 12.3. The third-order valence-corrected chi connectivity index (χ3v) is 4.30. The summed E-state index contributed by atoms with van der Waals surface area (Å²) in [5.74, 6) is 0.394. The number of nitrogens with one attached hydrogen (secondary N) is 1. The van der Waals surface area contributed by atoms with Crippen LogP contribution in [0.5, 0.6) is 5.75 Å². The average Bonchev–Trinajstić information content (AvgIpc) is 2.67. The van der Waals surface area contributed by atoms with Crippen LogP contribution in [0.1, 0.15) is 15.9 Å². The molecule has 0 aliphatic carbocycles. The monoisotopic (exact) mass is 398 g/mol. The third-order valence-electron chi connectivity index (χ3n) is 3.75. The summed E-state index contributed by atoms with van der Waals surface area (Å²) < 4.78 is 5.13. The molecule has 3 rings (SSSR count). The van der Waals surface area contributed by atoms with Gasteiger partial charge in [-0.25, -0.2) is 0 Å². The summed E-state index contributed by atoms with van der Waals surface area (Å²) in [6.07, 6.45) is 1.70. The molecule has 1 N–H and O–H groups in total. The van der Waals surface area contributed by atoms with Crippen molar-refractivity contribution in [2.24, 2.45) is 4.99 Å². The quantitative estimate of drug-likeness (QED) is 0.535. The van der Waals surface area contributed by atoms with E-state index in [1.807, 2.05) is 30.3 Å². The molecule has 0 bridgehead atoms. The molecule has 6 heteroatoms. The van der Waals surface area contributed by atoms with E-state index < -0.39 is 0 Å².